The first kappa shape index (κ1) is 15.1. The zero-order valence-corrected chi connectivity index (χ0v) is 12.1. The molecule has 5 nitrogen and oxygen atoms in total. The van der Waals surface area contributed by atoms with Crippen molar-refractivity contribution in [3.63, 3.8) is 0 Å². The summed E-state index contributed by atoms with van der Waals surface area (Å²) in [6.45, 7) is 1.71. The number of nitro benzene ring substituents is 1. The first-order valence-electron chi connectivity index (χ1n) is 6.18. The Morgan fingerprint density at radius 2 is 1.95 bits per heavy atom. The molecule has 0 saturated carbocycles. The van der Waals surface area contributed by atoms with Crippen molar-refractivity contribution < 1.29 is 14.8 Å². The highest BCUT2D eigenvalue weighted by Gasteiger charge is 2.14. The minimum absolute atomic E-state index is 0.0830. The van der Waals surface area contributed by atoms with Gasteiger partial charge in [-0.15, -0.1) is 11.8 Å². The molecule has 0 aliphatic heterocycles. The Morgan fingerprint density at radius 1 is 1.24 bits per heavy atom. The third kappa shape index (κ3) is 3.41. The van der Waals surface area contributed by atoms with Crippen molar-refractivity contribution >= 4 is 23.4 Å². The van der Waals surface area contributed by atoms with Gasteiger partial charge in [-0.05, 0) is 24.6 Å². The highest BCUT2D eigenvalue weighted by molar-refractivity contribution is 7.98. The van der Waals surface area contributed by atoms with E-state index in [4.69, 9.17) is 5.11 Å². The van der Waals surface area contributed by atoms with Gasteiger partial charge in [0, 0.05) is 22.3 Å². The van der Waals surface area contributed by atoms with E-state index in [1.165, 1.54) is 17.8 Å². The molecule has 0 bridgehead atoms. The summed E-state index contributed by atoms with van der Waals surface area (Å²) in [4.78, 5) is 22.3. The summed E-state index contributed by atoms with van der Waals surface area (Å²) in [5, 5.41) is 20.0. The van der Waals surface area contributed by atoms with Crippen LogP contribution in [0, 0.1) is 17.0 Å². The molecule has 0 atom stereocenters. The van der Waals surface area contributed by atoms with Crippen LogP contribution >= 0.6 is 11.8 Å². The molecule has 0 saturated heterocycles. The SMILES string of the molecule is Cc1c(CSc2ccccc2C(=O)O)cccc1[N+](=O)[O-]. The van der Waals surface area contributed by atoms with Gasteiger partial charge in [0.1, 0.15) is 0 Å². The molecule has 2 aromatic rings. The molecule has 0 spiro atoms. The molecule has 6 heteroatoms. The summed E-state index contributed by atoms with van der Waals surface area (Å²) in [6.07, 6.45) is 0. The van der Waals surface area contributed by atoms with Crippen LogP contribution in [-0.4, -0.2) is 16.0 Å². The smallest absolute Gasteiger partial charge is 0.336 e. The number of thioether (sulfide) groups is 1. The molecule has 108 valence electrons. The zero-order chi connectivity index (χ0) is 15.4. The van der Waals surface area contributed by atoms with Crippen molar-refractivity contribution in [3.05, 3.63) is 69.3 Å². The number of benzene rings is 2. The summed E-state index contributed by atoms with van der Waals surface area (Å²) < 4.78 is 0. The van der Waals surface area contributed by atoms with Gasteiger partial charge >= 0.3 is 5.97 Å². The lowest BCUT2D eigenvalue weighted by molar-refractivity contribution is -0.385. The average Bonchev–Trinajstić information content (AvgIpc) is 2.46. The van der Waals surface area contributed by atoms with Gasteiger partial charge in [-0.25, -0.2) is 4.79 Å². The molecular formula is C15H13NO4S. The second-order valence-corrected chi connectivity index (χ2v) is 5.43. The van der Waals surface area contributed by atoms with Crippen molar-refractivity contribution in [1.82, 2.24) is 0 Å². The molecular weight excluding hydrogens is 290 g/mol. The van der Waals surface area contributed by atoms with Gasteiger partial charge in [-0.3, -0.25) is 10.1 Å². The Hall–Kier alpha value is -2.34. The van der Waals surface area contributed by atoms with Crippen LogP contribution in [0.25, 0.3) is 0 Å². The molecule has 2 aromatic carbocycles. The monoisotopic (exact) mass is 303 g/mol. The molecule has 0 aliphatic rings. The van der Waals surface area contributed by atoms with Crippen LogP contribution < -0.4 is 0 Å². The van der Waals surface area contributed by atoms with E-state index in [-0.39, 0.29) is 11.3 Å². The Kier molecular flexibility index (Phi) is 4.59. The van der Waals surface area contributed by atoms with E-state index >= 15 is 0 Å². The molecule has 0 aliphatic carbocycles. The van der Waals surface area contributed by atoms with Crippen LogP contribution in [0.5, 0.6) is 0 Å². The molecule has 0 heterocycles. The number of carboxylic acids is 1. The third-order valence-corrected chi connectivity index (χ3v) is 4.24. The number of hydrogen-bond acceptors (Lipinski definition) is 4. The summed E-state index contributed by atoms with van der Waals surface area (Å²) in [5.74, 6) is -0.494. The lowest BCUT2D eigenvalue weighted by atomic mass is 10.1. The first-order valence-corrected chi connectivity index (χ1v) is 7.17. The molecule has 0 amide bonds. The Bertz CT molecular complexity index is 700. The fourth-order valence-electron chi connectivity index (χ4n) is 1.95. The molecule has 1 N–H and O–H groups in total. The maximum Gasteiger partial charge on any atom is 0.336 e. The largest absolute Gasteiger partial charge is 0.478 e. The maximum absolute atomic E-state index is 11.1. The summed E-state index contributed by atoms with van der Waals surface area (Å²) in [7, 11) is 0. The number of nitrogens with zero attached hydrogens (tertiary/aromatic N) is 1. The minimum atomic E-state index is -0.978. The van der Waals surface area contributed by atoms with Gasteiger partial charge in [-0.1, -0.05) is 24.3 Å². The molecule has 0 radical (unpaired) electrons. The van der Waals surface area contributed by atoms with E-state index < -0.39 is 10.9 Å². The van der Waals surface area contributed by atoms with Gasteiger partial charge in [0.25, 0.3) is 5.69 Å². The van der Waals surface area contributed by atoms with E-state index in [2.05, 4.69) is 0 Å². The van der Waals surface area contributed by atoms with Crippen molar-refractivity contribution in [2.45, 2.75) is 17.6 Å². The Morgan fingerprint density at radius 3 is 2.62 bits per heavy atom. The zero-order valence-electron chi connectivity index (χ0n) is 11.3. The first-order chi connectivity index (χ1) is 10.0. The second-order valence-electron chi connectivity index (χ2n) is 4.41. The molecule has 2 rings (SSSR count). The van der Waals surface area contributed by atoms with Gasteiger partial charge in [0.2, 0.25) is 0 Å². The van der Waals surface area contributed by atoms with Crippen molar-refractivity contribution in [2.24, 2.45) is 0 Å². The average molecular weight is 303 g/mol. The summed E-state index contributed by atoms with van der Waals surface area (Å²) in [6, 6.07) is 11.7. The predicted octanol–water partition coefficient (Wildman–Crippen LogP) is 3.89. The predicted molar refractivity (Wildman–Crippen MR) is 80.8 cm³/mol. The number of carbonyl (C=O) groups is 1. The number of carboxylic acid groups (broad SMARTS) is 1. The quantitative estimate of drug-likeness (QED) is 0.515. The van der Waals surface area contributed by atoms with Gasteiger partial charge in [-0.2, -0.15) is 0 Å². The van der Waals surface area contributed by atoms with E-state index in [0.717, 1.165) is 5.56 Å². The topological polar surface area (TPSA) is 80.4 Å². The van der Waals surface area contributed by atoms with Gasteiger partial charge in [0.05, 0.1) is 10.5 Å². The van der Waals surface area contributed by atoms with E-state index in [0.29, 0.717) is 16.2 Å². The van der Waals surface area contributed by atoms with Crippen molar-refractivity contribution in [2.75, 3.05) is 0 Å². The third-order valence-electron chi connectivity index (χ3n) is 3.11. The van der Waals surface area contributed by atoms with Crippen LogP contribution in [0.2, 0.25) is 0 Å². The normalized spacial score (nSPS) is 10.3. The number of hydrogen-bond donors (Lipinski definition) is 1. The van der Waals surface area contributed by atoms with E-state index in [9.17, 15) is 14.9 Å². The standard InChI is InChI=1S/C15H13NO4S/c1-10-11(5-4-7-13(10)16(19)20)9-21-14-8-3-2-6-12(14)15(17)18/h2-8H,9H2,1H3,(H,17,18). The van der Waals surface area contributed by atoms with Crippen molar-refractivity contribution in [3.8, 4) is 0 Å². The van der Waals surface area contributed by atoms with Crippen LogP contribution in [0.15, 0.2) is 47.4 Å². The number of nitro groups is 1. The molecule has 0 unspecified atom stereocenters. The maximum atomic E-state index is 11.1. The summed E-state index contributed by atoms with van der Waals surface area (Å²) >= 11 is 1.36. The fourth-order valence-corrected chi connectivity index (χ4v) is 3.06. The van der Waals surface area contributed by atoms with Gasteiger partial charge < -0.3 is 5.11 Å². The fraction of sp³-hybridized carbons (Fsp3) is 0.133. The van der Waals surface area contributed by atoms with E-state index in [1.807, 2.05) is 6.07 Å². The van der Waals surface area contributed by atoms with Crippen LogP contribution in [0.3, 0.4) is 0 Å². The van der Waals surface area contributed by atoms with E-state index in [1.54, 1.807) is 37.3 Å². The minimum Gasteiger partial charge on any atom is -0.478 e. The van der Waals surface area contributed by atoms with Crippen LogP contribution in [0.4, 0.5) is 5.69 Å². The summed E-state index contributed by atoms with van der Waals surface area (Å²) in [5.41, 5.74) is 1.77. The van der Waals surface area contributed by atoms with Crippen molar-refractivity contribution in [1.29, 1.82) is 0 Å². The number of aromatic carboxylic acids is 1. The highest BCUT2D eigenvalue weighted by atomic mass is 32.2. The van der Waals surface area contributed by atoms with Crippen LogP contribution in [-0.2, 0) is 5.75 Å². The Labute approximate surface area is 125 Å². The molecule has 0 fully saturated rings. The second kappa shape index (κ2) is 6.41. The Balaban J connectivity index is 2.23. The molecule has 0 aromatic heterocycles. The lowest BCUT2D eigenvalue weighted by Gasteiger charge is -2.08. The van der Waals surface area contributed by atoms with Crippen LogP contribution in [0.1, 0.15) is 21.5 Å². The molecule has 21 heavy (non-hydrogen) atoms. The highest BCUT2D eigenvalue weighted by Crippen LogP contribution is 2.30. The lowest BCUT2D eigenvalue weighted by Crippen LogP contribution is -1.99. The van der Waals surface area contributed by atoms with Gasteiger partial charge in [0.15, 0.2) is 0 Å². The number of rotatable bonds is 5.